The van der Waals surface area contributed by atoms with Crippen LogP contribution in [0, 0.1) is 16.4 Å². The van der Waals surface area contributed by atoms with Crippen LogP contribution in [-0.4, -0.2) is 21.5 Å². The van der Waals surface area contributed by atoms with Gasteiger partial charge in [-0.25, -0.2) is 8.78 Å². The third-order valence-electron chi connectivity index (χ3n) is 3.53. The number of amides is 1. The van der Waals surface area contributed by atoms with Crippen molar-refractivity contribution in [1.29, 1.82) is 0 Å². The van der Waals surface area contributed by atoms with Crippen molar-refractivity contribution in [2.24, 2.45) is 0 Å². The maximum atomic E-state index is 13.6. The predicted molar refractivity (Wildman–Crippen MR) is 77.4 cm³/mol. The van der Waals surface area contributed by atoms with Crippen molar-refractivity contribution in [3.8, 4) is 0 Å². The Labute approximate surface area is 125 Å². The molecule has 0 saturated heterocycles. The zero-order chi connectivity index (χ0) is 15.0. The van der Waals surface area contributed by atoms with Gasteiger partial charge >= 0.3 is 0 Å². The molecule has 112 valence electrons. The van der Waals surface area contributed by atoms with E-state index in [0.717, 1.165) is 18.9 Å². The lowest BCUT2D eigenvalue weighted by Crippen LogP contribution is -2.25. The lowest BCUT2D eigenvalue weighted by Gasteiger charge is -2.06. The van der Waals surface area contributed by atoms with Gasteiger partial charge < -0.3 is 14.9 Å². The highest BCUT2D eigenvalue weighted by molar-refractivity contribution is 7.71. The fraction of sp³-hybridized carbons (Fsp3) is 0.429. The molecule has 21 heavy (non-hydrogen) atoms. The van der Waals surface area contributed by atoms with E-state index in [4.69, 9.17) is 12.2 Å². The molecular formula is C14H15F2N3OS. The Morgan fingerprint density at radius 2 is 2.19 bits per heavy atom. The molecule has 0 spiro atoms. The number of aromatic nitrogens is 2. The molecule has 1 heterocycles. The monoisotopic (exact) mass is 311 g/mol. The largest absolute Gasteiger partial charge is 0.353 e. The maximum absolute atomic E-state index is 13.6. The zero-order valence-electron chi connectivity index (χ0n) is 11.3. The van der Waals surface area contributed by atoms with Gasteiger partial charge in [-0.3, -0.25) is 4.79 Å². The first-order valence-electron chi connectivity index (χ1n) is 6.91. The number of carbonyl (C=O) groups excluding carboxylic acids is 1. The molecule has 7 heteroatoms. The summed E-state index contributed by atoms with van der Waals surface area (Å²) in [5, 5.41) is 2.90. The van der Waals surface area contributed by atoms with Crippen LogP contribution in [0.2, 0.25) is 0 Å². The number of imidazole rings is 1. The van der Waals surface area contributed by atoms with E-state index in [1.54, 1.807) is 4.57 Å². The number of carbonyl (C=O) groups is 1. The van der Waals surface area contributed by atoms with Crippen molar-refractivity contribution in [2.45, 2.75) is 38.3 Å². The second-order valence-corrected chi connectivity index (χ2v) is 5.70. The second kappa shape index (κ2) is 5.55. The summed E-state index contributed by atoms with van der Waals surface area (Å²) >= 11 is 5.13. The van der Waals surface area contributed by atoms with Crippen LogP contribution in [0.25, 0.3) is 11.0 Å². The second-order valence-electron chi connectivity index (χ2n) is 5.31. The number of halogens is 2. The van der Waals surface area contributed by atoms with Crippen LogP contribution in [0.5, 0.6) is 0 Å². The van der Waals surface area contributed by atoms with Crippen molar-refractivity contribution >= 4 is 29.2 Å². The SMILES string of the molecule is O=C(CCCn1c(=S)[nH]c2c(F)cc(F)cc21)NC1CC1. The molecule has 3 rings (SSSR count). The lowest BCUT2D eigenvalue weighted by atomic mass is 10.2. The molecule has 1 fully saturated rings. The van der Waals surface area contributed by atoms with Crippen molar-refractivity contribution in [2.75, 3.05) is 0 Å². The summed E-state index contributed by atoms with van der Waals surface area (Å²) in [6.45, 7) is 0.444. The Morgan fingerprint density at radius 3 is 2.90 bits per heavy atom. The number of benzene rings is 1. The molecule has 1 amide bonds. The van der Waals surface area contributed by atoms with Crippen LogP contribution < -0.4 is 5.32 Å². The van der Waals surface area contributed by atoms with Crippen molar-refractivity contribution in [1.82, 2.24) is 14.9 Å². The number of hydrogen-bond donors (Lipinski definition) is 2. The third kappa shape index (κ3) is 3.12. The number of fused-ring (bicyclic) bond motifs is 1. The van der Waals surface area contributed by atoms with Gasteiger partial charge in [0, 0.05) is 25.1 Å². The normalized spacial score (nSPS) is 14.6. The maximum Gasteiger partial charge on any atom is 0.220 e. The van der Waals surface area contributed by atoms with Crippen LogP contribution in [0.4, 0.5) is 8.78 Å². The minimum Gasteiger partial charge on any atom is -0.353 e. The standard InChI is InChI=1S/C14H15F2N3OS/c15-8-6-10(16)13-11(7-8)19(14(21)18-13)5-1-2-12(20)17-9-3-4-9/h6-7,9H,1-5H2,(H,17,20)(H,18,21). The average Bonchev–Trinajstić information content (AvgIpc) is 3.16. The van der Waals surface area contributed by atoms with Gasteiger partial charge in [-0.2, -0.15) is 0 Å². The van der Waals surface area contributed by atoms with Crippen LogP contribution in [0.1, 0.15) is 25.7 Å². The molecule has 0 atom stereocenters. The van der Waals surface area contributed by atoms with Gasteiger partial charge in [0.05, 0.1) is 5.52 Å². The van der Waals surface area contributed by atoms with Gasteiger partial charge in [0.2, 0.25) is 5.91 Å². The molecule has 1 aliphatic rings. The minimum atomic E-state index is -0.665. The Hall–Kier alpha value is -1.76. The van der Waals surface area contributed by atoms with Gasteiger partial charge in [0.15, 0.2) is 10.6 Å². The van der Waals surface area contributed by atoms with Crippen LogP contribution in [-0.2, 0) is 11.3 Å². The Bertz CT molecular complexity index is 748. The number of aryl methyl sites for hydroxylation is 1. The highest BCUT2D eigenvalue weighted by Gasteiger charge is 2.22. The topological polar surface area (TPSA) is 49.8 Å². The highest BCUT2D eigenvalue weighted by atomic mass is 32.1. The Balaban J connectivity index is 1.72. The zero-order valence-corrected chi connectivity index (χ0v) is 12.1. The average molecular weight is 311 g/mol. The fourth-order valence-corrected chi connectivity index (χ4v) is 2.62. The van der Waals surface area contributed by atoms with Gasteiger partial charge in [-0.1, -0.05) is 0 Å². The molecule has 2 aromatic rings. The molecule has 1 aliphatic carbocycles. The van der Waals surface area contributed by atoms with Gasteiger partial charge in [-0.15, -0.1) is 0 Å². The lowest BCUT2D eigenvalue weighted by molar-refractivity contribution is -0.121. The molecule has 0 bridgehead atoms. The number of H-pyrrole nitrogens is 1. The molecule has 0 unspecified atom stereocenters. The van der Waals surface area contributed by atoms with E-state index in [1.807, 2.05) is 0 Å². The Morgan fingerprint density at radius 1 is 1.43 bits per heavy atom. The number of nitrogens with zero attached hydrogens (tertiary/aromatic N) is 1. The number of nitrogens with one attached hydrogen (secondary N) is 2. The highest BCUT2D eigenvalue weighted by Crippen LogP contribution is 2.21. The summed E-state index contributed by atoms with van der Waals surface area (Å²) in [7, 11) is 0. The van der Waals surface area contributed by atoms with E-state index in [-0.39, 0.29) is 11.4 Å². The molecule has 1 aromatic heterocycles. The quantitative estimate of drug-likeness (QED) is 0.834. The number of aromatic amines is 1. The third-order valence-corrected chi connectivity index (χ3v) is 3.85. The summed E-state index contributed by atoms with van der Waals surface area (Å²) in [5.74, 6) is -1.29. The first-order chi connectivity index (χ1) is 10.0. The van der Waals surface area contributed by atoms with Crippen molar-refractivity contribution < 1.29 is 13.6 Å². The van der Waals surface area contributed by atoms with E-state index in [0.29, 0.717) is 35.7 Å². The summed E-state index contributed by atoms with van der Waals surface area (Å²) < 4.78 is 28.9. The molecule has 0 radical (unpaired) electrons. The first kappa shape index (κ1) is 14.2. The van der Waals surface area contributed by atoms with Crippen molar-refractivity contribution in [3.05, 3.63) is 28.5 Å². The molecular weight excluding hydrogens is 296 g/mol. The molecule has 0 aliphatic heterocycles. The number of hydrogen-bond acceptors (Lipinski definition) is 2. The van der Waals surface area contributed by atoms with E-state index in [9.17, 15) is 13.6 Å². The van der Waals surface area contributed by atoms with Crippen LogP contribution >= 0.6 is 12.2 Å². The first-order valence-corrected chi connectivity index (χ1v) is 7.32. The van der Waals surface area contributed by atoms with E-state index < -0.39 is 11.6 Å². The molecule has 4 nitrogen and oxygen atoms in total. The van der Waals surface area contributed by atoms with E-state index in [2.05, 4.69) is 10.3 Å². The summed E-state index contributed by atoms with van der Waals surface area (Å²) in [5.41, 5.74) is 0.587. The van der Waals surface area contributed by atoms with E-state index >= 15 is 0 Å². The van der Waals surface area contributed by atoms with Gasteiger partial charge in [0.1, 0.15) is 11.3 Å². The Kier molecular flexibility index (Phi) is 3.75. The smallest absolute Gasteiger partial charge is 0.220 e. The van der Waals surface area contributed by atoms with E-state index in [1.165, 1.54) is 6.07 Å². The summed E-state index contributed by atoms with van der Waals surface area (Å²) in [6.07, 6.45) is 3.05. The summed E-state index contributed by atoms with van der Waals surface area (Å²) in [4.78, 5) is 14.3. The van der Waals surface area contributed by atoms with Gasteiger partial charge in [0.25, 0.3) is 0 Å². The van der Waals surface area contributed by atoms with Crippen molar-refractivity contribution in [3.63, 3.8) is 0 Å². The fourth-order valence-electron chi connectivity index (χ4n) is 2.33. The van der Waals surface area contributed by atoms with Crippen LogP contribution in [0.15, 0.2) is 12.1 Å². The predicted octanol–water partition coefficient (Wildman–Crippen LogP) is 3.04. The molecule has 1 aromatic carbocycles. The molecule has 1 saturated carbocycles. The molecule has 2 N–H and O–H groups in total. The summed E-state index contributed by atoms with van der Waals surface area (Å²) in [6, 6.07) is 2.41. The minimum absolute atomic E-state index is 0.0150. The van der Waals surface area contributed by atoms with Gasteiger partial charge in [-0.05, 0) is 37.5 Å². The van der Waals surface area contributed by atoms with Crippen LogP contribution in [0.3, 0.4) is 0 Å². The number of rotatable bonds is 5.